The zero-order chi connectivity index (χ0) is 23.6. The van der Waals surface area contributed by atoms with Crippen molar-refractivity contribution in [2.24, 2.45) is 5.92 Å². The summed E-state index contributed by atoms with van der Waals surface area (Å²) in [5.41, 5.74) is 1.22. The molecule has 1 aliphatic rings. The Kier molecular flexibility index (Phi) is 7.16. The Morgan fingerprint density at radius 2 is 1.75 bits per heavy atom. The fraction of sp³-hybridized carbons (Fsp3) is 0.375. The average Bonchev–Trinajstić information content (AvgIpc) is 2.91. The molecule has 2 unspecified atom stereocenters. The molecule has 1 aliphatic heterocycles. The van der Waals surface area contributed by atoms with E-state index in [0.717, 1.165) is 16.9 Å². The molecule has 8 heteroatoms. The number of nitrogens with zero attached hydrogens (tertiary/aromatic N) is 1. The normalized spacial score (nSPS) is 19.3. The second-order valence-corrected chi connectivity index (χ2v) is 9.54. The van der Waals surface area contributed by atoms with Crippen molar-refractivity contribution in [1.82, 2.24) is 15.5 Å². The molecule has 0 aliphatic carbocycles. The minimum Gasteiger partial charge on any atom is -0.348 e. The third kappa shape index (κ3) is 5.08. The molecule has 0 radical (unpaired) electrons. The minimum absolute atomic E-state index is 0.259. The maximum atomic E-state index is 13.1. The molecule has 32 heavy (non-hydrogen) atoms. The smallest absolute Gasteiger partial charge is 0.325 e. The lowest BCUT2D eigenvalue weighted by Gasteiger charge is -2.23. The van der Waals surface area contributed by atoms with Gasteiger partial charge in [-0.2, -0.15) is 0 Å². The van der Waals surface area contributed by atoms with Crippen LogP contribution < -0.4 is 10.6 Å². The zero-order valence-corrected chi connectivity index (χ0v) is 20.1. The van der Waals surface area contributed by atoms with Gasteiger partial charge in [0.15, 0.2) is 0 Å². The van der Waals surface area contributed by atoms with Crippen LogP contribution in [0.3, 0.4) is 0 Å². The summed E-state index contributed by atoms with van der Waals surface area (Å²) in [6.45, 7) is 7.36. The second-order valence-electron chi connectivity index (χ2n) is 8.70. The first-order valence-electron chi connectivity index (χ1n) is 10.5. The number of rotatable bonds is 7. The first-order chi connectivity index (χ1) is 15.0. The van der Waals surface area contributed by atoms with Crippen LogP contribution in [0.15, 0.2) is 42.5 Å². The lowest BCUT2D eigenvalue weighted by atomic mass is 9.92. The first-order valence-corrected chi connectivity index (χ1v) is 11.2. The van der Waals surface area contributed by atoms with E-state index in [9.17, 15) is 14.4 Å². The number of hydrogen-bond donors (Lipinski definition) is 2. The van der Waals surface area contributed by atoms with Gasteiger partial charge in [-0.1, -0.05) is 67.4 Å². The second kappa shape index (κ2) is 9.51. The van der Waals surface area contributed by atoms with Gasteiger partial charge in [0.1, 0.15) is 12.1 Å². The Labute approximate surface area is 198 Å². The van der Waals surface area contributed by atoms with E-state index in [1.807, 2.05) is 19.1 Å². The van der Waals surface area contributed by atoms with Gasteiger partial charge in [-0.25, -0.2) is 4.79 Å². The predicted octanol–water partition coefficient (Wildman–Crippen LogP) is 4.84. The molecule has 1 heterocycles. The number of amides is 4. The van der Waals surface area contributed by atoms with Gasteiger partial charge in [0.2, 0.25) is 5.91 Å². The van der Waals surface area contributed by atoms with Gasteiger partial charge in [-0.05, 0) is 49.4 Å². The molecule has 4 amide bonds. The monoisotopic (exact) mass is 475 g/mol. The maximum absolute atomic E-state index is 13.1. The average molecular weight is 476 g/mol. The number of carbonyl (C=O) groups excluding carboxylic acids is 3. The molecule has 0 saturated carbocycles. The van der Waals surface area contributed by atoms with E-state index in [1.54, 1.807) is 19.1 Å². The van der Waals surface area contributed by atoms with Crippen molar-refractivity contribution < 1.29 is 14.4 Å². The summed E-state index contributed by atoms with van der Waals surface area (Å²) < 4.78 is 0. The van der Waals surface area contributed by atoms with Gasteiger partial charge in [0, 0.05) is 15.6 Å². The van der Waals surface area contributed by atoms with Crippen molar-refractivity contribution >= 4 is 41.0 Å². The summed E-state index contributed by atoms with van der Waals surface area (Å²) in [5.74, 6) is -0.415. The number of hydrogen-bond acceptors (Lipinski definition) is 3. The fourth-order valence-electron chi connectivity index (χ4n) is 3.85. The SMILES string of the molecule is CC(C)Cc1ccc(C(C)NC(=O)CN2C(=O)NC(C)(c3ccc(Cl)cc3Cl)C2=O)cc1. The molecule has 1 fully saturated rings. The summed E-state index contributed by atoms with van der Waals surface area (Å²) in [5, 5.41) is 6.18. The van der Waals surface area contributed by atoms with Gasteiger partial charge < -0.3 is 10.6 Å². The van der Waals surface area contributed by atoms with Crippen LogP contribution in [-0.2, 0) is 21.5 Å². The summed E-state index contributed by atoms with van der Waals surface area (Å²) in [6, 6.07) is 11.8. The molecule has 0 spiro atoms. The highest BCUT2D eigenvalue weighted by atomic mass is 35.5. The van der Waals surface area contributed by atoms with Crippen LogP contribution in [0.25, 0.3) is 0 Å². The summed E-state index contributed by atoms with van der Waals surface area (Å²) >= 11 is 12.2. The Bertz CT molecular complexity index is 1040. The topological polar surface area (TPSA) is 78.5 Å². The lowest BCUT2D eigenvalue weighted by molar-refractivity contribution is -0.135. The first kappa shape index (κ1) is 24.1. The molecule has 0 aromatic heterocycles. The quantitative estimate of drug-likeness (QED) is 0.562. The Hall–Kier alpha value is -2.57. The van der Waals surface area contributed by atoms with Gasteiger partial charge in [-0.15, -0.1) is 0 Å². The molecule has 2 atom stereocenters. The van der Waals surface area contributed by atoms with E-state index in [1.165, 1.54) is 11.6 Å². The van der Waals surface area contributed by atoms with Gasteiger partial charge in [0.25, 0.3) is 5.91 Å². The summed E-state index contributed by atoms with van der Waals surface area (Å²) in [4.78, 5) is 39.1. The van der Waals surface area contributed by atoms with E-state index in [0.29, 0.717) is 16.5 Å². The lowest BCUT2D eigenvalue weighted by Crippen LogP contribution is -2.43. The molecule has 2 N–H and O–H groups in total. The molecule has 2 aromatic rings. The Morgan fingerprint density at radius 3 is 2.34 bits per heavy atom. The highest BCUT2D eigenvalue weighted by molar-refractivity contribution is 6.35. The van der Waals surface area contributed by atoms with Crippen LogP contribution in [0.4, 0.5) is 4.79 Å². The maximum Gasteiger partial charge on any atom is 0.325 e. The number of carbonyl (C=O) groups is 3. The molecule has 3 rings (SSSR count). The number of halogens is 2. The van der Waals surface area contributed by atoms with Gasteiger partial charge >= 0.3 is 6.03 Å². The van der Waals surface area contributed by atoms with Crippen LogP contribution in [0.1, 0.15) is 50.4 Å². The highest BCUT2D eigenvalue weighted by Crippen LogP contribution is 2.34. The number of benzene rings is 2. The Balaban J connectivity index is 1.67. The summed E-state index contributed by atoms with van der Waals surface area (Å²) in [6.07, 6.45) is 0.990. The predicted molar refractivity (Wildman–Crippen MR) is 126 cm³/mol. The third-order valence-electron chi connectivity index (χ3n) is 5.55. The summed E-state index contributed by atoms with van der Waals surface area (Å²) in [7, 11) is 0. The van der Waals surface area contributed by atoms with Crippen molar-refractivity contribution in [3.8, 4) is 0 Å². The van der Waals surface area contributed by atoms with Crippen LogP contribution in [0.2, 0.25) is 10.0 Å². The molecule has 0 bridgehead atoms. The number of nitrogens with one attached hydrogen (secondary N) is 2. The van der Waals surface area contributed by atoms with E-state index in [4.69, 9.17) is 23.2 Å². The number of urea groups is 1. The molecule has 170 valence electrons. The van der Waals surface area contributed by atoms with Gasteiger partial charge in [0.05, 0.1) is 6.04 Å². The van der Waals surface area contributed by atoms with Crippen molar-refractivity contribution in [3.05, 3.63) is 69.2 Å². The molecule has 2 aromatic carbocycles. The van der Waals surface area contributed by atoms with Crippen molar-refractivity contribution in [2.45, 2.75) is 45.7 Å². The standard InChI is InChI=1S/C24H27Cl2N3O3/c1-14(2)11-16-5-7-17(8-6-16)15(3)27-21(30)13-29-22(31)24(4,28-23(29)32)19-10-9-18(25)12-20(19)26/h5-10,12,14-15H,11,13H2,1-4H3,(H,27,30)(H,28,32). The van der Waals surface area contributed by atoms with E-state index in [2.05, 4.69) is 36.6 Å². The van der Waals surface area contributed by atoms with Crippen molar-refractivity contribution in [1.29, 1.82) is 0 Å². The number of imide groups is 1. The molecular formula is C24H27Cl2N3O3. The fourth-order valence-corrected chi connectivity index (χ4v) is 4.44. The van der Waals surface area contributed by atoms with Crippen LogP contribution in [0, 0.1) is 5.92 Å². The van der Waals surface area contributed by atoms with E-state index < -0.39 is 23.4 Å². The van der Waals surface area contributed by atoms with E-state index >= 15 is 0 Å². The van der Waals surface area contributed by atoms with Crippen molar-refractivity contribution in [2.75, 3.05) is 6.54 Å². The largest absolute Gasteiger partial charge is 0.348 e. The molecule has 6 nitrogen and oxygen atoms in total. The third-order valence-corrected chi connectivity index (χ3v) is 6.10. The highest BCUT2D eigenvalue weighted by Gasteiger charge is 2.50. The molecular weight excluding hydrogens is 449 g/mol. The molecule has 1 saturated heterocycles. The Morgan fingerprint density at radius 1 is 1.09 bits per heavy atom. The zero-order valence-electron chi connectivity index (χ0n) is 18.5. The van der Waals surface area contributed by atoms with E-state index in [-0.39, 0.29) is 17.6 Å². The van der Waals surface area contributed by atoms with Crippen LogP contribution in [0.5, 0.6) is 0 Å². The minimum atomic E-state index is -1.38. The van der Waals surface area contributed by atoms with Crippen LogP contribution >= 0.6 is 23.2 Å². The van der Waals surface area contributed by atoms with Gasteiger partial charge in [-0.3, -0.25) is 14.5 Å². The van der Waals surface area contributed by atoms with Crippen LogP contribution in [-0.4, -0.2) is 29.3 Å². The van der Waals surface area contributed by atoms with Crippen molar-refractivity contribution in [3.63, 3.8) is 0 Å².